The zero-order chi connectivity index (χ0) is 26.4. The topological polar surface area (TPSA) is 41.9 Å². The summed E-state index contributed by atoms with van der Waals surface area (Å²) >= 11 is 0. The second-order valence-corrected chi connectivity index (χ2v) is 11.0. The van der Waals surface area contributed by atoms with E-state index in [2.05, 4.69) is 43.0 Å². The minimum atomic E-state index is -0.428. The van der Waals surface area contributed by atoms with Gasteiger partial charge in [-0.05, 0) is 59.8 Å². The van der Waals surface area contributed by atoms with Gasteiger partial charge >= 0.3 is 0 Å². The highest BCUT2D eigenvalue weighted by Gasteiger charge is 2.31. The number of nitrogens with zero attached hydrogens (tertiary/aromatic N) is 1. The van der Waals surface area contributed by atoms with Crippen LogP contribution >= 0.6 is 8.58 Å². The van der Waals surface area contributed by atoms with Crippen molar-refractivity contribution >= 4 is 25.3 Å². The molecule has 0 aliphatic carbocycles. The molecule has 0 heterocycles. The Labute approximate surface area is 220 Å². The Morgan fingerprint density at radius 1 is 0.865 bits per heavy atom. The number of hydrogen-bond donors (Lipinski definition) is 1. The number of benzene rings is 4. The normalized spacial score (nSPS) is 12.9. The molecule has 0 amide bonds. The lowest BCUT2D eigenvalue weighted by Gasteiger charge is -2.32. The summed E-state index contributed by atoms with van der Waals surface area (Å²) in [5.41, 5.74) is 3.71. The molecule has 0 aliphatic rings. The first-order valence-corrected chi connectivity index (χ1v) is 13.3. The van der Waals surface area contributed by atoms with Crippen molar-refractivity contribution in [1.82, 2.24) is 0 Å². The van der Waals surface area contributed by atoms with Crippen molar-refractivity contribution in [3.8, 4) is 17.2 Å². The number of ether oxygens (including phenoxy) is 2. The summed E-state index contributed by atoms with van der Waals surface area (Å²) in [6.45, 7) is 4.72. The van der Waals surface area contributed by atoms with Crippen molar-refractivity contribution in [2.24, 2.45) is 0 Å². The Bertz CT molecular complexity index is 1290. The first-order valence-electron chi connectivity index (χ1n) is 12.3. The molecule has 4 aromatic carbocycles. The number of phenols is 1. The highest BCUT2D eigenvalue weighted by molar-refractivity contribution is 7.48. The third kappa shape index (κ3) is 5.89. The van der Waals surface area contributed by atoms with Gasteiger partial charge < -0.3 is 19.5 Å². The fourth-order valence-electron chi connectivity index (χ4n) is 4.45. The third-order valence-electron chi connectivity index (χ3n) is 6.75. The highest BCUT2D eigenvalue weighted by atomic mass is 31.1. The highest BCUT2D eigenvalue weighted by Crippen LogP contribution is 2.51. The zero-order valence-corrected chi connectivity index (χ0v) is 22.7. The maximum Gasteiger partial charge on any atom is 0.164 e. The number of halogens is 1. The van der Waals surface area contributed by atoms with Gasteiger partial charge in [0.25, 0.3) is 0 Å². The van der Waals surface area contributed by atoms with Crippen molar-refractivity contribution in [2.75, 3.05) is 19.1 Å². The predicted octanol–water partition coefficient (Wildman–Crippen LogP) is 7.52. The zero-order valence-electron chi connectivity index (χ0n) is 21.7. The minimum absolute atomic E-state index is 0.110. The molecule has 37 heavy (non-hydrogen) atoms. The molecule has 2 unspecified atom stereocenters. The van der Waals surface area contributed by atoms with Crippen LogP contribution < -0.4 is 19.7 Å². The standard InChI is InChI=1S/C31H33FNO3P/c1-5-31(2,27-19-26(35-3)20-28(36-4)30(27)34)37-29-17-16-23(32)18-22(29)21-33(24-12-8-6-9-13-24)25-14-10-7-11-15-25/h6-20,34,37H,5,21H2,1-4H3. The third-order valence-corrected chi connectivity index (χ3v) is 8.68. The molecule has 192 valence electrons. The minimum Gasteiger partial charge on any atom is -0.504 e. The average molecular weight is 518 g/mol. The van der Waals surface area contributed by atoms with Crippen LogP contribution in [0, 0.1) is 5.82 Å². The Kier molecular flexibility index (Phi) is 8.35. The molecular weight excluding hydrogens is 484 g/mol. The molecule has 0 fully saturated rings. The number of methoxy groups -OCH3 is 2. The summed E-state index contributed by atoms with van der Waals surface area (Å²) in [7, 11) is 3.39. The SMILES string of the molecule is CCC(C)(Pc1ccc(F)cc1CN(c1ccccc1)c1ccccc1)c1cc(OC)cc(OC)c1O. The van der Waals surface area contributed by atoms with Gasteiger partial charge in [0.15, 0.2) is 11.5 Å². The lowest BCUT2D eigenvalue weighted by atomic mass is 9.95. The van der Waals surface area contributed by atoms with E-state index in [-0.39, 0.29) is 20.1 Å². The summed E-state index contributed by atoms with van der Waals surface area (Å²) < 4.78 is 25.5. The van der Waals surface area contributed by atoms with Gasteiger partial charge in [0.1, 0.15) is 11.6 Å². The van der Waals surface area contributed by atoms with Crippen LogP contribution in [0.15, 0.2) is 91.0 Å². The second-order valence-electron chi connectivity index (χ2n) is 9.10. The lowest BCUT2D eigenvalue weighted by Crippen LogP contribution is -2.24. The van der Waals surface area contributed by atoms with Crippen LogP contribution in [0.2, 0.25) is 0 Å². The Hall–Kier alpha value is -3.56. The largest absolute Gasteiger partial charge is 0.504 e. The smallest absolute Gasteiger partial charge is 0.164 e. The van der Waals surface area contributed by atoms with Crippen LogP contribution in [0.4, 0.5) is 15.8 Å². The molecular formula is C31H33FNO3P. The molecule has 2 atom stereocenters. The summed E-state index contributed by atoms with van der Waals surface area (Å²) in [6.07, 6.45) is 0.757. The maximum absolute atomic E-state index is 14.6. The van der Waals surface area contributed by atoms with E-state index in [1.54, 1.807) is 19.2 Å². The lowest BCUT2D eigenvalue weighted by molar-refractivity contribution is 0.357. The van der Waals surface area contributed by atoms with Crippen LogP contribution in [0.1, 0.15) is 31.4 Å². The molecule has 0 aliphatic heterocycles. The molecule has 0 bridgehead atoms. The molecule has 1 N–H and O–H groups in total. The monoisotopic (exact) mass is 517 g/mol. The van der Waals surface area contributed by atoms with Crippen molar-refractivity contribution in [1.29, 1.82) is 0 Å². The second kappa shape index (κ2) is 11.7. The molecule has 4 nitrogen and oxygen atoms in total. The van der Waals surface area contributed by atoms with Crippen molar-refractivity contribution in [2.45, 2.75) is 32.0 Å². The van der Waals surface area contributed by atoms with E-state index in [0.29, 0.717) is 18.0 Å². The van der Waals surface area contributed by atoms with Gasteiger partial charge in [-0.25, -0.2) is 4.39 Å². The number of para-hydroxylation sites is 2. The number of hydrogen-bond acceptors (Lipinski definition) is 4. The van der Waals surface area contributed by atoms with E-state index in [0.717, 1.165) is 34.2 Å². The van der Waals surface area contributed by atoms with Crippen molar-refractivity contribution < 1.29 is 19.0 Å². The van der Waals surface area contributed by atoms with Crippen molar-refractivity contribution in [3.63, 3.8) is 0 Å². The molecule has 6 heteroatoms. The number of anilines is 2. The molecule has 4 rings (SSSR count). The molecule has 0 spiro atoms. The molecule has 0 saturated heterocycles. The maximum atomic E-state index is 14.6. The van der Waals surface area contributed by atoms with Gasteiger partial charge in [-0.1, -0.05) is 64.9 Å². The van der Waals surface area contributed by atoms with Crippen LogP contribution in [0.25, 0.3) is 0 Å². The fraction of sp³-hybridized carbons (Fsp3) is 0.226. The van der Waals surface area contributed by atoms with E-state index in [9.17, 15) is 9.50 Å². The number of phenolic OH excluding ortho intramolecular Hbond substituents is 1. The van der Waals surface area contributed by atoms with Gasteiger partial charge in [-0.2, -0.15) is 0 Å². The van der Waals surface area contributed by atoms with Crippen LogP contribution in [0.5, 0.6) is 17.2 Å². The fourth-order valence-corrected chi connectivity index (χ4v) is 6.03. The van der Waals surface area contributed by atoms with Gasteiger partial charge in [-0.3, -0.25) is 0 Å². The van der Waals surface area contributed by atoms with Gasteiger partial charge in [0.05, 0.1) is 14.2 Å². The van der Waals surface area contributed by atoms with E-state index >= 15 is 0 Å². The average Bonchev–Trinajstić information content (AvgIpc) is 2.94. The van der Waals surface area contributed by atoms with Crippen LogP contribution in [0.3, 0.4) is 0 Å². The Morgan fingerprint density at radius 2 is 1.49 bits per heavy atom. The molecule has 0 saturated carbocycles. The van der Waals surface area contributed by atoms with Gasteiger partial charge in [0.2, 0.25) is 0 Å². The molecule has 0 radical (unpaired) electrons. The van der Waals surface area contributed by atoms with E-state index < -0.39 is 5.16 Å². The summed E-state index contributed by atoms with van der Waals surface area (Å²) in [4.78, 5) is 2.19. The Morgan fingerprint density at radius 3 is 2.03 bits per heavy atom. The summed E-state index contributed by atoms with van der Waals surface area (Å²) in [5.74, 6) is 0.831. The van der Waals surface area contributed by atoms with Gasteiger partial charge in [0, 0.05) is 34.7 Å². The van der Waals surface area contributed by atoms with E-state index in [1.807, 2.05) is 48.5 Å². The first kappa shape index (κ1) is 26.5. The summed E-state index contributed by atoms with van der Waals surface area (Å²) in [6, 6.07) is 28.8. The van der Waals surface area contributed by atoms with E-state index in [4.69, 9.17) is 9.47 Å². The predicted molar refractivity (Wildman–Crippen MR) is 152 cm³/mol. The first-order chi connectivity index (χ1) is 17.9. The van der Waals surface area contributed by atoms with E-state index in [1.165, 1.54) is 13.2 Å². The van der Waals surface area contributed by atoms with Crippen LogP contribution in [-0.4, -0.2) is 19.3 Å². The number of aromatic hydroxyl groups is 1. The number of rotatable bonds is 10. The molecule has 4 aromatic rings. The Balaban J connectivity index is 1.77. The molecule has 0 aromatic heterocycles. The van der Waals surface area contributed by atoms with Gasteiger partial charge in [-0.15, -0.1) is 0 Å². The van der Waals surface area contributed by atoms with Crippen LogP contribution in [-0.2, 0) is 11.7 Å². The summed E-state index contributed by atoms with van der Waals surface area (Å²) in [5, 5.41) is 11.7. The quantitative estimate of drug-likeness (QED) is 0.221. The van der Waals surface area contributed by atoms with Crippen molar-refractivity contribution in [3.05, 3.63) is 108 Å².